The third-order valence-electron chi connectivity index (χ3n) is 3.07. The molecule has 1 aliphatic rings. The maximum atomic E-state index is 11.3. The molecule has 1 aliphatic heterocycles. The van der Waals surface area contributed by atoms with Crippen molar-refractivity contribution in [2.24, 2.45) is 0 Å². The SMILES string of the molecule is O=S1(=O)CCC(NCc2nnc3cnccn23)C1. The highest BCUT2D eigenvalue weighted by molar-refractivity contribution is 7.91. The lowest BCUT2D eigenvalue weighted by atomic mass is 10.2. The van der Waals surface area contributed by atoms with E-state index in [2.05, 4.69) is 20.5 Å². The average Bonchev–Trinajstić information content (AvgIpc) is 2.90. The first-order chi connectivity index (χ1) is 8.64. The molecule has 3 heterocycles. The number of hydrogen-bond donors (Lipinski definition) is 1. The number of sulfone groups is 1. The predicted molar refractivity (Wildman–Crippen MR) is 64.7 cm³/mol. The van der Waals surface area contributed by atoms with Crippen molar-refractivity contribution in [1.82, 2.24) is 24.9 Å². The van der Waals surface area contributed by atoms with E-state index < -0.39 is 9.84 Å². The fourth-order valence-corrected chi connectivity index (χ4v) is 3.82. The quantitative estimate of drug-likeness (QED) is 0.799. The molecule has 2 aromatic heterocycles. The van der Waals surface area contributed by atoms with Crippen molar-refractivity contribution in [3.05, 3.63) is 24.4 Å². The summed E-state index contributed by atoms with van der Waals surface area (Å²) in [7, 11) is -2.84. The second kappa shape index (κ2) is 4.29. The number of nitrogens with one attached hydrogen (secondary N) is 1. The number of rotatable bonds is 3. The Morgan fingerprint density at radius 3 is 3.11 bits per heavy atom. The second-order valence-electron chi connectivity index (χ2n) is 4.40. The van der Waals surface area contributed by atoms with Gasteiger partial charge in [0.05, 0.1) is 24.2 Å². The van der Waals surface area contributed by atoms with Gasteiger partial charge in [0.25, 0.3) is 0 Å². The molecule has 0 bridgehead atoms. The summed E-state index contributed by atoms with van der Waals surface area (Å²) in [6.45, 7) is 0.505. The zero-order chi connectivity index (χ0) is 12.6. The Kier molecular flexibility index (Phi) is 2.75. The summed E-state index contributed by atoms with van der Waals surface area (Å²) in [5.74, 6) is 1.25. The van der Waals surface area contributed by atoms with Crippen LogP contribution < -0.4 is 5.32 Å². The zero-order valence-electron chi connectivity index (χ0n) is 9.65. The maximum Gasteiger partial charge on any atom is 0.179 e. The summed E-state index contributed by atoms with van der Waals surface area (Å²) in [5.41, 5.74) is 0.688. The molecule has 1 unspecified atom stereocenters. The highest BCUT2D eigenvalue weighted by Crippen LogP contribution is 2.12. The van der Waals surface area contributed by atoms with Crippen LogP contribution in [0.4, 0.5) is 0 Å². The van der Waals surface area contributed by atoms with Gasteiger partial charge in [-0.25, -0.2) is 8.42 Å². The molecule has 96 valence electrons. The normalized spacial score (nSPS) is 22.6. The molecule has 0 aliphatic carbocycles. The Labute approximate surface area is 104 Å². The van der Waals surface area contributed by atoms with Gasteiger partial charge in [-0.2, -0.15) is 0 Å². The van der Waals surface area contributed by atoms with E-state index in [0.717, 1.165) is 5.82 Å². The van der Waals surface area contributed by atoms with Crippen molar-refractivity contribution < 1.29 is 8.42 Å². The van der Waals surface area contributed by atoms with Gasteiger partial charge in [-0.3, -0.25) is 9.38 Å². The van der Waals surface area contributed by atoms with E-state index in [1.807, 2.05) is 4.40 Å². The molecule has 8 heteroatoms. The number of nitrogens with zero attached hydrogens (tertiary/aromatic N) is 4. The van der Waals surface area contributed by atoms with Crippen LogP contribution in [0.1, 0.15) is 12.2 Å². The fourth-order valence-electron chi connectivity index (χ4n) is 2.11. The Hall–Kier alpha value is -1.54. The second-order valence-corrected chi connectivity index (χ2v) is 6.63. The summed E-state index contributed by atoms with van der Waals surface area (Å²) in [6, 6.07) is 0.0178. The molecular weight excluding hydrogens is 254 g/mol. The minimum absolute atomic E-state index is 0.0178. The van der Waals surface area contributed by atoms with Gasteiger partial charge in [0.1, 0.15) is 0 Å². The molecule has 1 fully saturated rings. The van der Waals surface area contributed by atoms with Gasteiger partial charge in [0.15, 0.2) is 21.3 Å². The summed E-state index contributed by atoms with van der Waals surface area (Å²) >= 11 is 0. The van der Waals surface area contributed by atoms with E-state index in [1.54, 1.807) is 18.6 Å². The van der Waals surface area contributed by atoms with Crippen molar-refractivity contribution >= 4 is 15.5 Å². The van der Waals surface area contributed by atoms with Gasteiger partial charge < -0.3 is 5.32 Å². The number of hydrogen-bond acceptors (Lipinski definition) is 6. The van der Waals surface area contributed by atoms with E-state index in [4.69, 9.17) is 0 Å². The van der Waals surface area contributed by atoms with Crippen LogP contribution in [-0.4, -0.2) is 45.5 Å². The molecule has 1 N–H and O–H groups in total. The van der Waals surface area contributed by atoms with Gasteiger partial charge in [0, 0.05) is 18.4 Å². The monoisotopic (exact) mass is 267 g/mol. The van der Waals surface area contributed by atoms with Crippen molar-refractivity contribution in [3.63, 3.8) is 0 Å². The predicted octanol–water partition coefficient (Wildman–Crippen LogP) is -0.599. The molecule has 0 amide bonds. The van der Waals surface area contributed by atoms with Crippen LogP contribution >= 0.6 is 0 Å². The number of fused-ring (bicyclic) bond motifs is 1. The first-order valence-electron chi connectivity index (χ1n) is 5.71. The largest absolute Gasteiger partial charge is 0.306 e. The Bertz CT molecular complexity index is 666. The molecule has 0 radical (unpaired) electrons. The Balaban J connectivity index is 1.71. The van der Waals surface area contributed by atoms with E-state index in [-0.39, 0.29) is 17.5 Å². The van der Waals surface area contributed by atoms with E-state index >= 15 is 0 Å². The summed E-state index contributed by atoms with van der Waals surface area (Å²) in [6.07, 6.45) is 5.76. The lowest BCUT2D eigenvalue weighted by molar-refractivity contribution is 0.539. The van der Waals surface area contributed by atoms with Crippen LogP contribution in [0.5, 0.6) is 0 Å². The average molecular weight is 267 g/mol. The van der Waals surface area contributed by atoms with Crippen LogP contribution in [0.2, 0.25) is 0 Å². The molecule has 7 nitrogen and oxygen atoms in total. The smallest absolute Gasteiger partial charge is 0.179 e. The van der Waals surface area contributed by atoms with Crippen molar-refractivity contribution in [3.8, 4) is 0 Å². The molecule has 0 spiro atoms. The van der Waals surface area contributed by atoms with Gasteiger partial charge in [-0.15, -0.1) is 10.2 Å². The third kappa shape index (κ3) is 2.21. The maximum absolute atomic E-state index is 11.3. The van der Waals surface area contributed by atoms with Crippen LogP contribution in [-0.2, 0) is 16.4 Å². The molecular formula is C10H13N5O2S. The van der Waals surface area contributed by atoms with Crippen molar-refractivity contribution in [2.45, 2.75) is 19.0 Å². The summed E-state index contributed by atoms with van der Waals surface area (Å²) in [4.78, 5) is 3.96. The topological polar surface area (TPSA) is 89.2 Å². The highest BCUT2D eigenvalue weighted by Gasteiger charge is 2.27. The Morgan fingerprint density at radius 2 is 2.33 bits per heavy atom. The molecule has 1 saturated heterocycles. The van der Waals surface area contributed by atoms with Crippen LogP contribution in [0.25, 0.3) is 5.65 Å². The minimum Gasteiger partial charge on any atom is -0.306 e. The highest BCUT2D eigenvalue weighted by atomic mass is 32.2. The Morgan fingerprint density at radius 1 is 1.44 bits per heavy atom. The van der Waals surface area contributed by atoms with Crippen molar-refractivity contribution in [1.29, 1.82) is 0 Å². The standard InChI is InChI=1S/C10H13N5O2S/c16-18(17)4-1-8(7-18)12-6-10-14-13-9-5-11-2-3-15(9)10/h2-3,5,8,12H,1,4,6-7H2. The molecule has 18 heavy (non-hydrogen) atoms. The molecule has 3 rings (SSSR count). The minimum atomic E-state index is -2.84. The van der Waals surface area contributed by atoms with Crippen LogP contribution in [0.15, 0.2) is 18.6 Å². The third-order valence-corrected chi connectivity index (χ3v) is 4.83. The van der Waals surface area contributed by atoms with Gasteiger partial charge in [-0.1, -0.05) is 0 Å². The lowest BCUT2D eigenvalue weighted by Gasteiger charge is -2.08. The van der Waals surface area contributed by atoms with E-state index in [1.165, 1.54) is 0 Å². The summed E-state index contributed by atoms with van der Waals surface area (Å²) in [5, 5.41) is 11.2. The summed E-state index contributed by atoms with van der Waals surface area (Å²) < 4.78 is 24.5. The van der Waals surface area contributed by atoms with Crippen LogP contribution in [0, 0.1) is 0 Å². The molecule has 1 atom stereocenters. The van der Waals surface area contributed by atoms with Gasteiger partial charge in [0.2, 0.25) is 0 Å². The molecule has 2 aromatic rings. The van der Waals surface area contributed by atoms with E-state index in [0.29, 0.717) is 18.6 Å². The van der Waals surface area contributed by atoms with Gasteiger partial charge in [-0.05, 0) is 6.42 Å². The first-order valence-corrected chi connectivity index (χ1v) is 7.54. The molecule has 0 saturated carbocycles. The zero-order valence-corrected chi connectivity index (χ0v) is 10.5. The first kappa shape index (κ1) is 11.5. The van der Waals surface area contributed by atoms with Crippen LogP contribution in [0.3, 0.4) is 0 Å². The lowest BCUT2D eigenvalue weighted by Crippen LogP contribution is -2.30. The van der Waals surface area contributed by atoms with Gasteiger partial charge >= 0.3 is 0 Å². The fraction of sp³-hybridized carbons (Fsp3) is 0.500. The van der Waals surface area contributed by atoms with E-state index in [9.17, 15) is 8.42 Å². The van der Waals surface area contributed by atoms with Crippen molar-refractivity contribution in [2.75, 3.05) is 11.5 Å². The number of aromatic nitrogens is 4. The molecule has 0 aromatic carbocycles.